The van der Waals surface area contributed by atoms with Gasteiger partial charge in [0.2, 0.25) is 0 Å². The van der Waals surface area contributed by atoms with Crippen molar-refractivity contribution in [2.75, 3.05) is 0 Å². The fourth-order valence-electron chi connectivity index (χ4n) is 2.21. The lowest BCUT2D eigenvalue weighted by molar-refractivity contribution is -0.137. The van der Waals surface area contributed by atoms with Crippen LogP contribution in [-0.4, -0.2) is 17.0 Å². The van der Waals surface area contributed by atoms with Crippen LogP contribution in [0.15, 0.2) is 34.7 Å². The molecule has 5 nitrogen and oxygen atoms in total. The molecule has 0 aliphatic carbocycles. The van der Waals surface area contributed by atoms with Crippen molar-refractivity contribution in [1.82, 2.24) is 5.32 Å². The summed E-state index contributed by atoms with van der Waals surface area (Å²) in [6.07, 6.45) is -0.298. The summed E-state index contributed by atoms with van der Waals surface area (Å²) in [5.74, 6) is -0.854. The maximum absolute atomic E-state index is 13.0. The van der Waals surface area contributed by atoms with Crippen molar-refractivity contribution in [3.63, 3.8) is 0 Å². The molecular formula is C16H16FNO4. The van der Waals surface area contributed by atoms with Crippen LogP contribution in [0.25, 0.3) is 0 Å². The molecule has 1 aromatic carbocycles. The van der Waals surface area contributed by atoms with Crippen molar-refractivity contribution in [3.8, 4) is 0 Å². The number of carboxylic acids is 1. The Morgan fingerprint density at radius 3 is 2.41 bits per heavy atom. The Bertz CT molecular complexity index is 691. The molecule has 0 spiro atoms. The number of aliphatic carboxylic acids is 1. The standard InChI is InChI=1S/C16H16FNO4/c1-9-7-13(10(2)22-9)16(21)18-14(8-15(19)20)11-3-5-12(17)6-4-11/h3-7,14H,8H2,1-2H3,(H,18,21)(H,19,20). The number of nitrogens with one attached hydrogen (secondary N) is 1. The van der Waals surface area contributed by atoms with Crippen molar-refractivity contribution in [2.45, 2.75) is 26.3 Å². The largest absolute Gasteiger partial charge is 0.481 e. The molecule has 2 N–H and O–H groups in total. The van der Waals surface area contributed by atoms with E-state index in [1.54, 1.807) is 19.9 Å². The second-order valence-electron chi connectivity index (χ2n) is 5.00. The number of aryl methyl sites for hydroxylation is 2. The molecular weight excluding hydrogens is 289 g/mol. The summed E-state index contributed by atoms with van der Waals surface area (Å²) >= 11 is 0. The van der Waals surface area contributed by atoms with Crippen molar-refractivity contribution in [3.05, 3.63) is 58.8 Å². The van der Waals surface area contributed by atoms with Gasteiger partial charge in [-0.15, -0.1) is 0 Å². The Kier molecular flexibility index (Phi) is 4.60. The minimum atomic E-state index is -1.06. The monoisotopic (exact) mass is 305 g/mol. The molecule has 6 heteroatoms. The van der Waals surface area contributed by atoms with Crippen LogP contribution in [0, 0.1) is 19.7 Å². The number of carboxylic acid groups (broad SMARTS) is 1. The number of halogens is 1. The summed E-state index contributed by atoms with van der Waals surface area (Å²) in [6.45, 7) is 3.38. The van der Waals surface area contributed by atoms with Crippen LogP contribution in [-0.2, 0) is 4.79 Å². The van der Waals surface area contributed by atoms with Crippen molar-refractivity contribution >= 4 is 11.9 Å². The van der Waals surface area contributed by atoms with Crippen LogP contribution in [0.3, 0.4) is 0 Å². The maximum atomic E-state index is 13.0. The van der Waals surface area contributed by atoms with E-state index in [0.29, 0.717) is 22.6 Å². The van der Waals surface area contributed by atoms with Crippen LogP contribution >= 0.6 is 0 Å². The molecule has 0 aliphatic heterocycles. The number of carbonyl (C=O) groups excluding carboxylic acids is 1. The molecule has 0 bridgehead atoms. The Labute approximate surface area is 126 Å². The number of furan rings is 1. The predicted octanol–water partition coefficient (Wildman–Crippen LogP) is 2.98. The van der Waals surface area contributed by atoms with E-state index < -0.39 is 23.7 Å². The highest BCUT2D eigenvalue weighted by molar-refractivity contribution is 5.95. The zero-order valence-electron chi connectivity index (χ0n) is 12.2. The molecule has 0 saturated heterocycles. The maximum Gasteiger partial charge on any atom is 0.305 e. The van der Waals surface area contributed by atoms with Gasteiger partial charge in [-0.2, -0.15) is 0 Å². The molecule has 1 heterocycles. The van der Waals surface area contributed by atoms with Gasteiger partial charge in [-0.05, 0) is 37.6 Å². The summed E-state index contributed by atoms with van der Waals surface area (Å²) in [6, 6.07) is 6.20. The van der Waals surface area contributed by atoms with Crippen LogP contribution < -0.4 is 5.32 Å². The van der Waals surface area contributed by atoms with Crippen molar-refractivity contribution in [1.29, 1.82) is 0 Å². The highest BCUT2D eigenvalue weighted by Gasteiger charge is 2.21. The van der Waals surface area contributed by atoms with Gasteiger partial charge in [0.1, 0.15) is 17.3 Å². The van der Waals surface area contributed by atoms with Crippen molar-refractivity contribution < 1.29 is 23.5 Å². The molecule has 0 fully saturated rings. The van der Waals surface area contributed by atoms with Crippen LogP contribution in [0.2, 0.25) is 0 Å². The summed E-state index contributed by atoms with van der Waals surface area (Å²) in [4.78, 5) is 23.3. The van der Waals surface area contributed by atoms with E-state index in [1.807, 2.05) is 0 Å². The SMILES string of the molecule is Cc1cc(C(=O)NC(CC(=O)O)c2ccc(F)cc2)c(C)o1. The first-order valence-corrected chi connectivity index (χ1v) is 6.72. The van der Waals surface area contributed by atoms with E-state index in [1.165, 1.54) is 24.3 Å². The van der Waals surface area contributed by atoms with Gasteiger partial charge in [-0.25, -0.2) is 4.39 Å². The number of hydrogen-bond acceptors (Lipinski definition) is 3. The van der Waals surface area contributed by atoms with Gasteiger partial charge in [0.15, 0.2) is 0 Å². The molecule has 0 saturated carbocycles. The zero-order valence-corrected chi connectivity index (χ0v) is 12.2. The van der Waals surface area contributed by atoms with Crippen LogP contribution in [0.5, 0.6) is 0 Å². The Morgan fingerprint density at radius 1 is 1.27 bits per heavy atom. The fraction of sp³-hybridized carbons (Fsp3) is 0.250. The molecule has 22 heavy (non-hydrogen) atoms. The number of rotatable bonds is 5. The van der Waals surface area contributed by atoms with Crippen LogP contribution in [0.4, 0.5) is 4.39 Å². The summed E-state index contributed by atoms with van der Waals surface area (Å²) in [5.41, 5.74) is 0.880. The van der Waals surface area contributed by atoms with Gasteiger partial charge >= 0.3 is 5.97 Å². The molecule has 1 atom stereocenters. The van der Waals surface area contributed by atoms with Crippen LogP contribution in [0.1, 0.15) is 39.9 Å². The van der Waals surface area contributed by atoms with E-state index in [9.17, 15) is 14.0 Å². The average molecular weight is 305 g/mol. The lowest BCUT2D eigenvalue weighted by atomic mass is 10.0. The molecule has 1 amide bonds. The first-order valence-electron chi connectivity index (χ1n) is 6.72. The number of benzene rings is 1. The molecule has 0 aliphatic rings. The van der Waals surface area contributed by atoms with Gasteiger partial charge in [0, 0.05) is 0 Å². The van der Waals surface area contributed by atoms with E-state index in [2.05, 4.69) is 5.32 Å². The topological polar surface area (TPSA) is 79.5 Å². The van der Waals surface area contributed by atoms with Gasteiger partial charge in [0.05, 0.1) is 18.0 Å². The minimum Gasteiger partial charge on any atom is -0.481 e. The van der Waals surface area contributed by atoms with E-state index in [0.717, 1.165) is 0 Å². The highest BCUT2D eigenvalue weighted by atomic mass is 19.1. The number of carbonyl (C=O) groups is 2. The third kappa shape index (κ3) is 3.72. The third-order valence-electron chi connectivity index (χ3n) is 3.24. The first kappa shape index (κ1) is 15.8. The van der Waals surface area contributed by atoms with Gasteiger partial charge < -0.3 is 14.8 Å². The fourth-order valence-corrected chi connectivity index (χ4v) is 2.21. The van der Waals surface area contributed by atoms with E-state index >= 15 is 0 Å². The van der Waals surface area contributed by atoms with E-state index in [-0.39, 0.29) is 6.42 Å². The number of amides is 1. The Hall–Kier alpha value is -2.63. The normalized spacial score (nSPS) is 12.0. The quantitative estimate of drug-likeness (QED) is 0.890. The molecule has 1 unspecified atom stereocenters. The lowest BCUT2D eigenvalue weighted by Gasteiger charge is -2.17. The van der Waals surface area contributed by atoms with Gasteiger partial charge in [0.25, 0.3) is 5.91 Å². The third-order valence-corrected chi connectivity index (χ3v) is 3.24. The smallest absolute Gasteiger partial charge is 0.305 e. The molecule has 116 valence electrons. The van der Waals surface area contributed by atoms with E-state index in [4.69, 9.17) is 9.52 Å². The molecule has 2 aromatic rings. The average Bonchev–Trinajstić information content (AvgIpc) is 2.77. The second kappa shape index (κ2) is 6.43. The summed E-state index contributed by atoms with van der Waals surface area (Å²) in [7, 11) is 0. The zero-order chi connectivity index (χ0) is 16.3. The molecule has 0 radical (unpaired) electrons. The second-order valence-corrected chi connectivity index (χ2v) is 5.00. The lowest BCUT2D eigenvalue weighted by Crippen LogP contribution is -2.30. The summed E-state index contributed by atoms with van der Waals surface area (Å²) in [5, 5.41) is 11.7. The molecule has 2 rings (SSSR count). The highest BCUT2D eigenvalue weighted by Crippen LogP contribution is 2.20. The Morgan fingerprint density at radius 2 is 1.91 bits per heavy atom. The predicted molar refractivity (Wildman–Crippen MR) is 77.0 cm³/mol. The van der Waals surface area contributed by atoms with Crippen molar-refractivity contribution in [2.24, 2.45) is 0 Å². The summed E-state index contributed by atoms with van der Waals surface area (Å²) < 4.78 is 18.3. The Balaban J connectivity index is 2.23. The molecule has 1 aromatic heterocycles. The number of hydrogen-bond donors (Lipinski definition) is 2. The van der Waals surface area contributed by atoms with Gasteiger partial charge in [-0.1, -0.05) is 12.1 Å². The first-order chi connectivity index (χ1) is 10.4. The minimum absolute atomic E-state index is 0.298. The van der Waals surface area contributed by atoms with Gasteiger partial charge in [-0.3, -0.25) is 9.59 Å².